The van der Waals surface area contributed by atoms with Gasteiger partial charge >= 0.3 is 0 Å². The Hall–Kier alpha value is -1.51. The number of hydrogen-bond donors (Lipinski definition) is 0. The average molecular weight is 306 g/mol. The van der Waals surface area contributed by atoms with Crippen LogP contribution in [-0.2, 0) is 0 Å². The summed E-state index contributed by atoms with van der Waals surface area (Å²) in [5, 5.41) is 1.07. The molecule has 1 aromatic heterocycles. The van der Waals surface area contributed by atoms with Crippen molar-refractivity contribution in [1.82, 2.24) is 4.98 Å². The van der Waals surface area contributed by atoms with Gasteiger partial charge in [0.15, 0.2) is 5.58 Å². The maximum Gasteiger partial charge on any atom is 0.230 e. The molecule has 0 bridgehead atoms. The topological polar surface area (TPSA) is 26.0 Å². The minimum absolute atomic E-state index is 0.448. The Labute approximate surface area is 127 Å². The van der Waals surface area contributed by atoms with Crippen LogP contribution in [0.3, 0.4) is 0 Å². The van der Waals surface area contributed by atoms with Crippen LogP contribution in [0, 0.1) is 0 Å². The molecule has 3 rings (SSSR count). The molecule has 0 fully saturated rings. The third kappa shape index (κ3) is 2.30. The summed E-state index contributed by atoms with van der Waals surface area (Å²) in [6, 6.07) is 11.4. The molecular weight excluding hydrogens is 293 g/mol. The zero-order valence-electron chi connectivity index (χ0n) is 11.2. The van der Waals surface area contributed by atoms with Crippen LogP contribution in [0.2, 0.25) is 10.0 Å². The first-order chi connectivity index (χ1) is 9.56. The van der Waals surface area contributed by atoms with E-state index in [1.54, 1.807) is 18.2 Å². The maximum absolute atomic E-state index is 6.19. The Bertz CT molecular complexity index is 757. The molecule has 0 atom stereocenters. The first-order valence-corrected chi connectivity index (χ1v) is 7.16. The Balaban J connectivity index is 2.18. The summed E-state index contributed by atoms with van der Waals surface area (Å²) in [6.45, 7) is 4.29. The zero-order valence-corrected chi connectivity index (χ0v) is 12.7. The predicted molar refractivity (Wildman–Crippen MR) is 83.6 cm³/mol. The van der Waals surface area contributed by atoms with E-state index in [0.717, 1.165) is 11.1 Å². The first-order valence-electron chi connectivity index (χ1n) is 6.41. The van der Waals surface area contributed by atoms with E-state index in [1.165, 1.54) is 5.56 Å². The fraction of sp³-hybridized carbons (Fsp3) is 0.188. The number of hydrogen-bond acceptors (Lipinski definition) is 2. The number of benzene rings is 2. The van der Waals surface area contributed by atoms with Crippen LogP contribution in [0.5, 0.6) is 0 Å². The summed E-state index contributed by atoms with van der Waals surface area (Å²) < 4.78 is 5.77. The van der Waals surface area contributed by atoms with Gasteiger partial charge in [-0.15, -0.1) is 0 Å². The second-order valence-corrected chi connectivity index (χ2v) is 5.81. The molecule has 20 heavy (non-hydrogen) atoms. The van der Waals surface area contributed by atoms with Crippen molar-refractivity contribution in [3.05, 3.63) is 52.0 Å². The lowest BCUT2D eigenvalue weighted by Crippen LogP contribution is -1.85. The molecule has 2 nitrogen and oxygen atoms in total. The van der Waals surface area contributed by atoms with Crippen molar-refractivity contribution in [3.63, 3.8) is 0 Å². The number of fused-ring (bicyclic) bond motifs is 1. The Morgan fingerprint density at radius 3 is 2.40 bits per heavy atom. The van der Waals surface area contributed by atoms with Gasteiger partial charge in [-0.05, 0) is 35.7 Å². The highest BCUT2D eigenvalue weighted by Crippen LogP contribution is 2.36. The molecule has 0 saturated carbocycles. The Morgan fingerprint density at radius 1 is 1.05 bits per heavy atom. The standard InChI is InChI=1S/C16H13Cl2NO/c1-9(2)10-6-7-14-13(8-10)19-16(20-14)15-11(17)4-3-5-12(15)18/h3-9H,1-2H3. The molecule has 0 unspecified atom stereocenters. The molecule has 0 saturated heterocycles. The quantitative estimate of drug-likeness (QED) is 0.587. The number of oxazole rings is 1. The van der Waals surface area contributed by atoms with E-state index < -0.39 is 0 Å². The molecule has 4 heteroatoms. The Morgan fingerprint density at radius 2 is 1.75 bits per heavy atom. The van der Waals surface area contributed by atoms with Crippen molar-refractivity contribution in [2.24, 2.45) is 0 Å². The van der Waals surface area contributed by atoms with Crippen LogP contribution < -0.4 is 0 Å². The van der Waals surface area contributed by atoms with Gasteiger partial charge < -0.3 is 4.42 Å². The highest BCUT2D eigenvalue weighted by molar-refractivity contribution is 6.38. The molecule has 2 aromatic carbocycles. The van der Waals surface area contributed by atoms with Crippen molar-refractivity contribution < 1.29 is 4.42 Å². The normalized spacial score (nSPS) is 11.4. The number of halogens is 2. The SMILES string of the molecule is CC(C)c1ccc2oc(-c3c(Cl)cccc3Cl)nc2c1. The van der Waals surface area contributed by atoms with Gasteiger partial charge in [0.05, 0.1) is 15.6 Å². The number of nitrogens with zero attached hydrogens (tertiary/aromatic N) is 1. The fourth-order valence-electron chi connectivity index (χ4n) is 2.11. The van der Waals surface area contributed by atoms with Gasteiger partial charge in [0.1, 0.15) is 5.52 Å². The third-order valence-electron chi connectivity index (χ3n) is 3.25. The Kier molecular flexibility index (Phi) is 3.45. The van der Waals surface area contributed by atoms with Crippen molar-refractivity contribution in [2.75, 3.05) is 0 Å². The lowest BCUT2D eigenvalue weighted by molar-refractivity contribution is 0.620. The number of aromatic nitrogens is 1. The van der Waals surface area contributed by atoms with Crippen LogP contribution in [0.15, 0.2) is 40.8 Å². The molecule has 1 heterocycles. The molecule has 0 aliphatic rings. The minimum Gasteiger partial charge on any atom is -0.436 e. The molecule has 0 aliphatic carbocycles. The highest BCUT2D eigenvalue weighted by Gasteiger charge is 2.15. The summed E-state index contributed by atoms with van der Waals surface area (Å²) in [7, 11) is 0. The predicted octanol–water partition coefficient (Wildman–Crippen LogP) is 5.93. The number of rotatable bonds is 2. The summed E-state index contributed by atoms with van der Waals surface area (Å²) >= 11 is 12.4. The van der Waals surface area contributed by atoms with Crippen LogP contribution in [0.1, 0.15) is 25.3 Å². The molecule has 102 valence electrons. The van der Waals surface area contributed by atoms with Crippen molar-refractivity contribution >= 4 is 34.3 Å². The van der Waals surface area contributed by atoms with E-state index in [1.807, 2.05) is 12.1 Å². The van der Waals surface area contributed by atoms with Crippen molar-refractivity contribution in [3.8, 4) is 11.5 Å². The van der Waals surface area contributed by atoms with Crippen LogP contribution in [0.4, 0.5) is 0 Å². The van der Waals surface area contributed by atoms with Crippen molar-refractivity contribution in [1.29, 1.82) is 0 Å². The van der Waals surface area contributed by atoms with Crippen LogP contribution >= 0.6 is 23.2 Å². The van der Waals surface area contributed by atoms with Gasteiger partial charge in [-0.3, -0.25) is 0 Å². The lowest BCUT2D eigenvalue weighted by atomic mass is 10.0. The minimum atomic E-state index is 0.448. The van der Waals surface area contributed by atoms with Gasteiger partial charge in [0.25, 0.3) is 0 Å². The summed E-state index contributed by atoms with van der Waals surface area (Å²) in [6.07, 6.45) is 0. The summed E-state index contributed by atoms with van der Waals surface area (Å²) in [5.74, 6) is 0.903. The maximum atomic E-state index is 6.19. The van der Waals surface area contributed by atoms with Gasteiger partial charge in [0, 0.05) is 0 Å². The van der Waals surface area contributed by atoms with E-state index in [2.05, 4.69) is 24.9 Å². The highest BCUT2D eigenvalue weighted by atomic mass is 35.5. The van der Waals surface area contributed by atoms with Crippen molar-refractivity contribution in [2.45, 2.75) is 19.8 Å². The molecule has 0 spiro atoms. The molecule has 0 radical (unpaired) electrons. The fourth-order valence-corrected chi connectivity index (χ4v) is 2.67. The average Bonchev–Trinajstić information content (AvgIpc) is 2.80. The van der Waals surface area contributed by atoms with E-state index in [9.17, 15) is 0 Å². The first kappa shape index (κ1) is 13.5. The van der Waals surface area contributed by atoms with Crippen LogP contribution in [-0.4, -0.2) is 4.98 Å². The van der Waals surface area contributed by atoms with E-state index >= 15 is 0 Å². The van der Waals surface area contributed by atoms with Gasteiger partial charge in [-0.25, -0.2) is 4.98 Å². The molecule has 0 amide bonds. The van der Waals surface area contributed by atoms with E-state index in [0.29, 0.717) is 27.4 Å². The summed E-state index contributed by atoms with van der Waals surface area (Å²) in [5.41, 5.74) is 3.42. The second kappa shape index (κ2) is 5.12. The van der Waals surface area contributed by atoms with Crippen LogP contribution in [0.25, 0.3) is 22.6 Å². The molecule has 0 N–H and O–H groups in total. The summed E-state index contributed by atoms with van der Waals surface area (Å²) in [4.78, 5) is 4.51. The second-order valence-electron chi connectivity index (χ2n) is 5.00. The monoisotopic (exact) mass is 305 g/mol. The van der Waals surface area contributed by atoms with Gasteiger partial charge in [0.2, 0.25) is 5.89 Å². The lowest BCUT2D eigenvalue weighted by Gasteiger charge is -2.02. The van der Waals surface area contributed by atoms with Gasteiger partial charge in [-0.1, -0.05) is 49.2 Å². The molecule has 3 aromatic rings. The molecular formula is C16H13Cl2NO. The van der Waals surface area contributed by atoms with Gasteiger partial charge in [-0.2, -0.15) is 0 Å². The van der Waals surface area contributed by atoms with E-state index in [-0.39, 0.29) is 0 Å². The third-order valence-corrected chi connectivity index (χ3v) is 3.88. The largest absolute Gasteiger partial charge is 0.436 e. The zero-order chi connectivity index (χ0) is 14.3. The smallest absolute Gasteiger partial charge is 0.230 e. The molecule has 0 aliphatic heterocycles. The van der Waals surface area contributed by atoms with E-state index in [4.69, 9.17) is 27.6 Å².